The second-order valence-corrected chi connectivity index (χ2v) is 57.4. The third-order valence-corrected chi connectivity index (χ3v) is 60.8. The van der Waals surface area contributed by atoms with Gasteiger partial charge in [0.05, 0.1) is 0 Å². The Morgan fingerprint density at radius 2 is 0.423 bits per heavy atom. The van der Waals surface area contributed by atoms with Gasteiger partial charge in [0.2, 0.25) is 0 Å². The molecule has 26 heavy (non-hydrogen) atoms. The summed E-state index contributed by atoms with van der Waals surface area (Å²) in [6, 6.07) is 0. The summed E-state index contributed by atoms with van der Waals surface area (Å²) in [5, 5.41) is 0. The molecule has 0 unspecified atom stereocenters. The van der Waals surface area contributed by atoms with E-state index < -0.39 is 22.8 Å². The molecule has 0 N–H and O–H groups in total. The van der Waals surface area contributed by atoms with Gasteiger partial charge in [-0.25, -0.2) is 0 Å². The van der Waals surface area contributed by atoms with Gasteiger partial charge in [0.1, 0.15) is 0 Å². The Morgan fingerprint density at radius 1 is 0.346 bits per heavy atom. The standard InChI is InChI=1S/C9H27Si4.3C3H9Si.Sn/c1-11(2,3)10(12(4,5)6)13(7,8)9;3*1-4(2)3;/h1-9H3;3*1-3H3;. The maximum atomic E-state index is 2.61. The van der Waals surface area contributed by atoms with Crippen molar-refractivity contribution in [3.63, 3.8) is 0 Å². The zero-order chi connectivity index (χ0) is 21.8. The van der Waals surface area contributed by atoms with Gasteiger partial charge in [-0.3, -0.25) is 0 Å². The van der Waals surface area contributed by atoms with Gasteiger partial charge < -0.3 is 0 Å². The van der Waals surface area contributed by atoms with E-state index in [1.54, 1.807) is 0 Å². The van der Waals surface area contributed by atoms with Crippen molar-refractivity contribution in [2.45, 2.75) is 118 Å². The molecule has 8 heteroatoms. The maximum absolute atomic E-state index is 2.61. The van der Waals surface area contributed by atoms with Crippen molar-refractivity contribution in [3.05, 3.63) is 0 Å². The van der Waals surface area contributed by atoms with E-state index in [-0.39, 0.29) is 57.6 Å². The van der Waals surface area contributed by atoms with Crippen LogP contribution in [0.25, 0.3) is 0 Å². The van der Waals surface area contributed by atoms with Crippen LogP contribution in [-0.4, -0.2) is 80.4 Å². The van der Waals surface area contributed by atoms with Crippen molar-refractivity contribution in [1.29, 1.82) is 0 Å². The molecule has 0 aromatic heterocycles. The molecule has 0 aliphatic carbocycles. The zero-order valence-corrected chi connectivity index (χ0v) is 31.9. The number of hydrogen-bond donors (Lipinski definition) is 0. The van der Waals surface area contributed by atoms with Crippen LogP contribution in [0, 0.1) is 0 Å². The van der Waals surface area contributed by atoms with Gasteiger partial charge in [-0.05, 0) is 0 Å². The van der Waals surface area contributed by atoms with Gasteiger partial charge in [0, 0.05) is 80.4 Å². The molecule has 0 rings (SSSR count). The van der Waals surface area contributed by atoms with E-state index in [0.29, 0.717) is 0 Å². The number of rotatable bonds is 3. The van der Waals surface area contributed by atoms with Crippen LogP contribution in [0.4, 0.5) is 0 Å². The summed E-state index contributed by atoms with van der Waals surface area (Å²) in [7, 11) is -2.11. The first-order chi connectivity index (χ1) is 10.6. The molecule has 0 bridgehead atoms. The van der Waals surface area contributed by atoms with Crippen LogP contribution < -0.4 is 0 Å². The minimum Gasteiger partial charge on any atom is -0.0721 e. The van der Waals surface area contributed by atoms with Gasteiger partial charge in [-0.15, -0.1) is 0 Å². The molecule has 0 saturated carbocycles. The second kappa shape index (κ2) is 18.1. The average molecular weight is 586 g/mol. The summed E-state index contributed by atoms with van der Waals surface area (Å²) in [6.07, 6.45) is 0. The topological polar surface area (TPSA) is 0 Å². The molecule has 0 nitrogen and oxygen atoms in total. The summed E-state index contributed by atoms with van der Waals surface area (Å²) in [6.45, 7) is 43.9. The summed E-state index contributed by atoms with van der Waals surface area (Å²) in [5.41, 5.74) is 0. The quantitative estimate of drug-likeness (QED) is 0.302. The van der Waals surface area contributed by atoms with Crippen LogP contribution in [0.3, 0.4) is 0 Å². The summed E-state index contributed by atoms with van der Waals surface area (Å²) in [5.74, 6) is 0. The predicted octanol–water partition coefficient (Wildman–Crippen LogP) is 7.46. The normalized spacial score (nSPS) is 11.8. The Balaban J connectivity index is -0.0000000933. The van der Waals surface area contributed by atoms with E-state index >= 15 is 0 Å². The molecule has 0 amide bonds. The van der Waals surface area contributed by atoms with E-state index in [1.807, 2.05) is 0 Å². The summed E-state index contributed by atoms with van der Waals surface area (Å²) >= 11 is 0. The SMILES string of the molecule is C[Si](C)(C)[Si]([Si](C)(C)C)[Si](C)(C)C.C[Si](C)C.C[Si](C)C.C[Si](C)C.[Sn]. The fourth-order valence-electron chi connectivity index (χ4n) is 3.38. The largest absolute Gasteiger partial charge is 0.0721 e. The first-order valence-corrected chi connectivity index (χ1v) is 33.8. The molecular formula is C18H54Si7Sn. The molecule has 0 aliphatic heterocycles. The van der Waals surface area contributed by atoms with Crippen molar-refractivity contribution >= 4 is 80.4 Å². The minimum atomic E-state index is -0.832. The van der Waals surface area contributed by atoms with Crippen LogP contribution in [0.1, 0.15) is 0 Å². The van der Waals surface area contributed by atoms with Crippen molar-refractivity contribution in [2.24, 2.45) is 0 Å². The number of hydrogen-bond acceptors (Lipinski definition) is 0. The third kappa shape index (κ3) is 40.9. The van der Waals surface area contributed by atoms with Crippen molar-refractivity contribution in [1.82, 2.24) is 0 Å². The second-order valence-electron chi connectivity index (χ2n) is 11.6. The Bertz CT molecular complexity index is 232. The first kappa shape index (κ1) is 38.9. The van der Waals surface area contributed by atoms with Gasteiger partial charge in [-0.2, -0.15) is 0 Å². The molecule has 8 radical (unpaired) electrons. The third-order valence-electron chi connectivity index (χ3n) is 2.25. The minimum absolute atomic E-state index is 0. The average Bonchev–Trinajstić information content (AvgIpc) is 2.03. The molecule has 0 saturated heterocycles. The monoisotopic (exact) mass is 586 g/mol. The van der Waals surface area contributed by atoms with Crippen LogP contribution in [0.2, 0.25) is 118 Å². The Labute approximate surface area is 196 Å². The Morgan fingerprint density at radius 3 is 0.423 bits per heavy atom. The van der Waals surface area contributed by atoms with Gasteiger partial charge in [0.25, 0.3) is 0 Å². The smallest absolute Gasteiger partial charge is 0.0379 e. The van der Waals surface area contributed by atoms with E-state index in [2.05, 4.69) is 118 Å². The fourth-order valence-corrected chi connectivity index (χ4v) is 91.1. The fraction of sp³-hybridized carbons (Fsp3) is 1.00. The molecule has 0 heterocycles. The van der Waals surface area contributed by atoms with E-state index in [9.17, 15) is 0 Å². The van der Waals surface area contributed by atoms with Crippen LogP contribution >= 0.6 is 0 Å². The molecular weight excluding hydrogens is 532 g/mol. The van der Waals surface area contributed by atoms with Crippen molar-refractivity contribution in [3.8, 4) is 0 Å². The van der Waals surface area contributed by atoms with Crippen LogP contribution in [0.15, 0.2) is 0 Å². The molecule has 0 aliphatic rings. The predicted molar refractivity (Wildman–Crippen MR) is 152 cm³/mol. The van der Waals surface area contributed by atoms with Crippen molar-refractivity contribution in [2.75, 3.05) is 0 Å². The van der Waals surface area contributed by atoms with Gasteiger partial charge in [-0.1, -0.05) is 118 Å². The summed E-state index contributed by atoms with van der Waals surface area (Å²) in [4.78, 5) is 0. The molecule has 0 spiro atoms. The molecule has 0 fully saturated rings. The van der Waals surface area contributed by atoms with Crippen LogP contribution in [0.5, 0.6) is 0 Å². The van der Waals surface area contributed by atoms with Crippen molar-refractivity contribution < 1.29 is 0 Å². The first-order valence-electron chi connectivity index (χ1n) is 9.75. The Hall–Kier alpha value is 2.32. The van der Waals surface area contributed by atoms with Gasteiger partial charge in [0.15, 0.2) is 0 Å². The van der Waals surface area contributed by atoms with Gasteiger partial charge >= 0.3 is 0 Å². The maximum Gasteiger partial charge on any atom is 0.0379 e. The van der Waals surface area contributed by atoms with E-state index in [0.717, 1.165) is 0 Å². The van der Waals surface area contributed by atoms with E-state index in [4.69, 9.17) is 0 Å². The molecule has 158 valence electrons. The zero-order valence-electron chi connectivity index (χ0n) is 22.0. The molecule has 0 aromatic carbocycles. The summed E-state index contributed by atoms with van der Waals surface area (Å²) < 4.78 is 0. The Kier molecular flexibility index (Phi) is 27.1. The van der Waals surface area contributed by atoms with Crippen LogP contribution in [-0.2, 0) is 0 Å². The molecule has 0 atom stereocenters. The molecule has 0 aromatic rings. The van der Waals surface area contributed by atoms with E-state index in [1.165, 1.54) is 0 Å².